The van der Waals surface area contributed by atoms with E-state index < -0.39 is 0 Å². The molecule has 0 atom stereocenters. The highest BCUT2D eigenvalue weighted by Crippen LogP contribution is 2.01. The van der Waals surface area contributed by atoms with Crippen LogP contribution in [-0.4, -0.2) is 9.55 Å². The number of H-pyrrole nitrogens is 1. The number of aromatic nitrogens is 2. The molecule has 0 saturated carbocycles. The largest absolute Gasteiger partial charge is 0.325 e. The standard InChI is InChI=1S/C9H16N2O/c1-4-5-6-11-8(3)7(2)10-9(11)12/h4-6H2,1-3H3,(H,10,12). The van der Waals surface area contributed by atoms with Gasteiger partial charge in [-0.2, -0.15) is 0 Å². The Labute approximate surface area is 72.4 Å². The van der Waals surface area contributed by atoms with Gasteiger partial charge >= 0.3 is 5.69 Å². The SMILES string of the molecule is CCCCn1c(C)c(C)[nH]c1=O. The predicted molar refractivity (Wildman–Crippen MR) is 49.4 cm³/mol. The van der Waals surface area contributed by atoms with Crippen LogP contribution in [-0.2, 0) is 6.54 Å². The van der Waals surface area contributed by atoms with Crippen LogP contribution in [0.25, 0.3) is 0 Å². The summed E-state index contributed by atoms with van der Waals surface area (Å²) >= 11 is 0. The molecule has 3 nitrogen and oxygen atoms in total. The van der Waals surface area contributed by atoms with Crippen molar-refractivity contribution in [1.82, 2.24) is 9.55 Å². The summed E-state index contributed by atoms with van der Waals surface area (Å²) in [6.45, 7) is 6.87. The number of aromatic amines is 1. The van der Waals surface area contributed by atoms with E-state index in [4.69, 9.17) is 0 Å². The summed E-state index contributed by atoms with van der Waals surface area (Å²) in [7, 11) is 0. The first kappa shape index (κ1) is 9.10. The summed E-state index contributed by atoms with van der Waals surface area (Å²) in [5.74, 6) is 0. The van der Waals surface area contributed by atoms with Crippen molar-refractivity contribution < 1.29 is 0 Å². The van der Waals surface area contributed by atoms with Crippen LogP contribution in [0.15, 0.2) is 4.79 Å². The van der Waals surface area contributed by atoms with E-state index in [2.05, 4.69) is 11.9 Å². The highest BCUT2D eigenvalue weighted by Gasteiger charge is 2.04. The molecule has 3 heteroatoms. The van der Waals surface area contributed by atoms with Crippen molar-refractivity contribution in [1.29, 1.82) is 0 Å². The minimum atomic E-state index is 0.0263. The fourth-order valence-corrected chi connectivity index (χ4v) is 1.26. The molecule has 0 unspecified atom stereocenters. The zero-order chi connectivity index (χ0) is 9.14. The topological polar surface area (TPSA) is 37.8 Å². The van der Waals surface area contributed by atoms with E-state index in [-0.39, 0.29) is 5.69 Å². The molecule has 1 N–H and O–H groups in total. The number of nitrogens with zero attached hydrogens (tertiary/aromatic N) is 1. The number of unbranched alkanes of at least 4 members (excludes halogenated alkanes) is 1. The van der Waals surface area contributed by atoms with Gasteiger partial charge in [0, 0.05) is 17.9 Å². The van der Waals surface area contributed by atoms with Gasteiger partial charge in [-0.25, -0.2) is 4.79 Å². The molecule has 0 bridgehead atoms. The summed E-state index contributed by atoms with van der Waals surface area (Å²) in [5.41, 5.74) is 2.07. The van der Waals surface area contributed by atoms with Crippen molar-refractivity contribution in [3.05, 3.63) is 21.9 Å². The third kappa shape index (κ3) is 1.60. The second kappa shape index (κ2) is 3.61. The Kier molecular flexibility index (Phi) is 2.74. The maximum atomic E-state index is 11.3. The summed E-state index contributed by atoms with van der Waals surface area (Å²) in [6, 6.07) is 0. The van der Waals surface area contributed by atoms with Crippen molar-refractivity contribution in [3.63, 3.8) is 0 Å². The van der Waals surface area contributed by atoms with E-state index in [0.29, 0.717) is 0 Å². The molecule has 0 aliphatic heterocycles. The van der Waals surface area contributed by atoms with Crippen LogP contribution in [0, 0.1) is 13.8 Å². The maximum Gasteiger partial charge on any atom is 0.325 e. The number of hydrogen-bond donors (Lipinski definition) is 1. The van der Waals surface area contributed by atoms with Crippen LogP contribution in [0.3, 0.4) is 0 Å². The molecule has 0 radical (unpaired) electrons. The van der Waals surface area contributed by atoms with Crippen LogP contribution in [0.5, 0.6) is 0 Å². The number of aryl methyl sites for hydroxylation is 1. The molecule has 0 saturated heterocycles. The summed E-state index contributed by atoms with van der Waals surface area (Å²) in [6.07, 6.45) is 2.19. The number of hydrogen-bond acceptors (Lipinski definition) is 1. The Morgan fingerprint density at radius 3 is 2.50 bits per heavy atom. The van der Waals surface area contributed by atoms with E-state index in [0.717, 1.165) is 30.8 Å². The van der Waals surface area contributed by atoms with Crippen LogP contribution in [0.4, 0.5) is 0 Å². The second-order valence-corrected chi connectivity index (χ2v) is 3.15. The van der Waals surface area contributed by atoms with Crippen LogP contribution in [0.2, 0.25) is 0 Å². The fraction of sp³-hybridized carbons (Fsp3) is 0.667. The average molecular weight is 168 g/mol. The maximum absolute atomic E-state index is 11.3. The lowest BCUT2D eigenvalue weighted by atomic mass is 10.3. The lowest BCUT2D eigenvalue weighted by molar-refractivity contribution is 0.602. The first-order valence-corrected chi connectivity index (χ1v) is 4.42. The molecule has 12 heavy (non-hydrogen) atoms. The Morgan fingerprint density at radius 1 is 1.42 bits per heavy atom. The molecule has 0 aliphatic carbocycles. The van der Waals surface area contributed by atoms with Crippen LogP contribution >= 0.6 is 0 Å². The van der Waals surface area contributed by atoms with Gasteiger partial charge in [0.25, 0.3) is 0 Å². The van der Waals surface area contributed by atoms with Gasteiger partial charge in [0.05, 0.1) is 0 Å². The zero-order valence-corrected chi connectivity index (χ0v) is 7.98. The first-order valence-electron chi connectivity index (χ1n) is 4.42. The van der Waals surface area contributed by atoms with Gasteiger partial charge in [-0.1, -0.05) is 13.3 Å². The average Bonchev–Trinajstić information content (AvgIpc) is 2.25. The molecule has 0 fully saturated rings. The van der Waals surface area contributed by atoms with Crippen molar-refractivity contribution in [2.24, 2.45) is 0 Å². The van der Waals surface area contributed by atoms with Crippen molar-refractivity contribution in [2.75, 3.05) is 0 Å². The highest BCUT2D eigenvalue weighted by atomic mass is 16.1. The van der Waals surface area contributed by atoms with E-state index >= 15 is 0 Å². The minimum absolute atomic E-state index is 0.0263. The smallest absolute Gasteiger partial charge is 0.310 e. The van der Waals surface area contributed by atoms with Crippen molar-refractivity contribution >= 4 is 0 Å². The molecule has 0 amide bonds. The van der Waals surface area contributed by atoms with Crippen molar-refractivity contribution in [3.8, 4) is 0 Å². The zero-order valence-electron chi connectivity index (χ0n) is 7.98. The molecule has 1 aromatic heterocycles. The molecule has 1 aromatic rings. The molecule has 1 heterocycles. The third-order valence-electron chi connectivity index (χ3n) is 2.22. The van der Waals surface area contributed by atoms with E-state index in [9.17, 15) is 4.79 Å². The lowest BCUT2D eigenvalue weighted by Crippen LogP contribution is -2.17. The molecular weight excluding hydrogens is 152 g/mol. The fourth-order valence-electron chi connectivity index (χ4n) is 1.26. The molecule has 1 rings (SSSR count). The third-order valence-corrected chi connectivity index (χ3v) is 2.22. The van der Waals surface area contributed by atoms with Gasteiger partial charge < -0.3 is 4.98 Å². The normalized spacial score (nSPS) is 10.6. The minimum Gasteiger partial charge on any atom is -0.310 e. The van der Waals surface area contributed by atoms with Gasteiger partial charge in [-0.05, 0) is 20.3 Å². The van der Waals surface area contributed by atoms with E-state index in [1.807, 2.05) is 13.8 Å². The summed E-state index contributed by atoms with van der Waals surface area (Å²) < 4.78 is 1.80. The molecular formula is C9H16N2O. The van der Waals surface area contributed by atoms with Crippen LogP contribution in [0.1, 0.15) is 31.2 Å². The predicted octanol–water partition coefficient (Wildman–Crippen LogP) is 1.59. The molecule has 0 spiro atoms. The van der Waals surface area contributed by atoms with Gasteiger partial charge in [-0.3, -0.25) is 4.57 Å². The van der Waals surface area contributed by atoms with E-state index in [1.54, 1.807) is 4.57 Å². The summed E-state index contributed by atoms with van der Waals surface area (Å²) in [5, 5.41) is 0. The van der Waals surface area contributed by atoms with Crippen molar-refractivity contribution in [2.45, 2.75) is 40.2 Å². The van der Waals surface area contributed by atoms with Gasteiger partial charge in [0.1, 0.15) is 0 Å². The quantitative estimate of drug-likeness (QED) is 0.731. The monoisotopic (exact) mass is 168 g/mol. The van der Waals surface area contributed by atoms with Crippen LogP contribution < -0.4 is 5.69 Å². The Balaban J connectivity index is 2.90. The second-order valence-electron chi connectivity index (χ2n) is 3.15. The number of rotatable bonds is 3. The lowest BCUT2D eigenvalue weighted by Gasteiger charge is -2.01. The molecule has 0 aliphatic rings. The van der Waals surface area contributed by atoms with Gasteiger partial charge in [0.15, 0.2) is 0 Å². The van der Waals surface area contributed by atoms with Gasteiger partial charge in [0.2, 0.25) is 0 Å². The molecule has 0 aromatic carbocycles. The number of imidazole rings is 1. The number of nitrogens with one attached hydrogen (secondary N) is 1. The molecule has 68 valence electrons. The van der Waals surface area contributed by atoms with Gasteiger partial charge in [-0.15, -0.1) is 0 Å². The Morgan fingerprint density at radius 2 is 2.08 bits per heavy atom. The Hall–Kier alpha value is -0.990. The first-order chi connectivity index (χ1) is 5.66. The Bertz CT molecular complexity index is 309. The highest BCUT2D eigenvalue weighted by molar-refractivity contribution is 5.08. The summed E-state index contributed by atoms with van der Waals surface area (Å²) in [4.78, 5) is 14.1. The van der Waals surface area contributed by atoms with E-state index in [1.165, 1.54) is 0 Å².